The first-order chi connectivity index (χ1) is 5.45. The fourth-order valence-corrected chi connectivity index (χ4v) is 0.553. The van der Waals surface area contributed by atoms with E-state index in [9.17, 15) is 13.2 Å². The summed E-state index contributed by atoms with van der Waals surface area (Å²) in [6.07, 6.45) is -4.16. The second-order valence-electron chi connectivity index (χ2n) is 2.32. The highest BCUT2D eigenvalue weighted by molar-refractivity contribution is 4.61. The molecule has 0 aromatic rings. The van der Waals surface area contributed by atoms with Gasteiger partial charge in [0.15, 0.2) is 0 Å². The van der Waals surface area contributed by atoms with Crippen LogP contribution in [-0.2, 0) is 0 Å². The number of hydrogen-bond acceptors (Lipinski definition) is 1. The second kappa shape index (κ2) is 7.40. The van der Waals surface area contributed by atoms with Gasteiger partial charge in [-0.15, -0.1) is 0 Å². The van der Waals surface area contributed by atoms with Crippen LogP contribution in [0.15, 0.2) is 0 Å². The van der Waals surface area contributed by atoms with Gasteiger partial charge in [-0.2, -0.15) is 13.2 Å². The lowest BCUT2D eigenvalue weighted by Gasteiger charge is -2.09. The van der Waals surface area contributed by atoms with E-state index in [1.807, 2.05) is 13.8 Å². The smallest absolute Gasteiger partial charge is 0.328 e. The van der Waals surface area contributed by atoms with Crippen LogP contribution >= 0.6 is 0 Å². The molecule has 0 rings (SSSR count). The van der Waals surface area contributed by atoms with E-state index in [-0.39, 0.29) is 12.5 Å². The highest BCUT2D eigenvalue weighted by atomic mass is 19.4. The maximum atomic E-state index is 11.5. The van der Waals surface area contributed by atoms with E-state index in [1.165, 1.54) is 0 Å². The van der Waals surface area contributed by atoms with Crippen molar-refractivity contribution < 1.29 is 13.2 Å². The highest BCUT2D eigenvalue weighted by Crippen LogP contribution is 2.22. The van der Waals surface area contributed by atoms with E-state index in [1.54, 1.807) is 6.92 Å². The molecule has 4 heteroatoms. The van der Waals surface area contributed by atoms with Crippen molar-refractivity contribution in [2.24, 2.45) is 5.73 Å². The Labute approximate surface area is 72.1 Å². The average Bonchev–Trinajstić information content (AvgIpc) is 2.03. The van der Waals surface area contributed by atoms with Crippen LogP contribution < -0.4 is 5.73 Å². The number of rotatable bonds is 3. The van der Waals surface area contributed by atoms with Gasteiger partial charge in [-0.3, -0.25) is 0 Å². The molecular weight excluding hydrogens is 167 g/mol. The summed E-state index contributed by atoms with van der Waals surface area (Å²) in [5.41, 5.74) is 5.28. The molecule has 12 heavy (non-hydrogen) atoms. The van der Waals surface area contributed by atoms with Crippen molar-refractivity contribution in [1.29, 1.82) is 0 Å². The topological polar surface area (TPSA) is 26.0 Å². The van der Waals surface area contributed by atoms with Crippen molar-refractivity contribution in [1.82, 2.24) is 0 Å². The lowest BCUT2D eigenvalue weighted by atomic mass is 10.1. The molecule has 1 nitrogen and oxygen atoms in total. The fourth-order valence-electron chi connectivity index (χ4n) is 0.553. The van der Waals surface area contributed by atoms with Gasteiger partial charge in [-0.05, 0) is 12.8 Å². The third-order valence-corrected chi connectivity index (χ3v) is 1.32. The molecular formula is C8H18F3N. The summed E-state index contributed by atoms with van der Waals surface area (Å²) in [6.45, 7) is 5.78. The zero-order chi connectivity index (χ0) is 10.2. The van der Waals surface area contributed by atoms with Gasteiger partial charge in [-0.1, -0.05) is 20.8 Å². The van der Waals surface area contributed by atoms with E-state index in [0.717, 1.165) is 0 Å². The van der Waals surface area contributed by atoms with Gasteiger partial charge in [-0.25, -0.2) is 0 Å². The van der Waals surface area contributed by atoms with Crippen molar-refractivity contribution >= 4 is 0 Å². The van der Waals surface area contributed by atoms with Gasteiger partial charge in [0, 0.05) is 12.5 Å². The van der Waals surface area contributed by atoms with Crippen LogP contribution in [0.1, 0.15) is 40.0 Å². The minimum atomic E-state index is -4.05. The predicted molar refractivity (Wildman–Crippen MR) is 44.9 cm³/mol. The first kappa shape index (κ1) is 14.3. The summed E-state index contributed by atoms with van der Waals surface area (Å²) in [5, 5.41) is 0. The molecule has 0 aliphatic rings. The molecule has 0 aromatic carbocycles. The minimum absolute atomic E-state index is 0.0417. The Morgan fingerprint density at radius 1 is 1.25 bits per heavy atom. The first-order valence-electron chi connectivity index (χ1n) is 4.28. The summed E-state index contributed by atoms with van der Waals surface area (Å²) in [5.74, 6) is 0. The Bertz CT molecular complexity index is 90.8. The highest BCUT2D eigenvalue weighted by Gasteiger charge is 2.26. The summed E-state index contributed by atoms with van der Waals surface area (Å²) in [7, 11) is 0. The zero-order valence-electron chi connectivity index (χ0n) is 7.91. The SMILES string of the molecule is CC.CCC(N)CCC(F)(F)F. The van der Waals surface area contributed by atoms with E-state index < -0.39 is 12.6 Å². The first-order valence-corrected chi connectivity index (χ1v) is 4.28. The molecule has 1 unspecified atom stereocenters. The molecule has 0 amide bonds. The van der Waals surface area contributed by atoms with Gasteiger partial charge in [0.05, 0.1) is 0 Å². The van der Waals surface area contributed by atoms with Crippen molar-refractivity contribution in [3.63, 3.8) is 0 Å². The summed E-state index contributed by atoms with van der Waals surface area (Å²) in [6, 6.07) is -0.304. The van der Waals surface area contributed by atoms with Gasteiger partial charge in [0.1, 0.15) is 0 Å². The van der Waals surface area contributed by atoms with Crippen LogP contribution in [0.25, 0.3) is 0 Å². The van der Waals surface area contributed by atoms with Crippen LogP contribution in [0.2, 0.25) is 0 Å². The average molecular weight is 185 g/mol. The number of halogens is 3. The standard InChI is InChI=1S/C6H12F3N.C2H6/c1-2-5(10)3-4-6(7,8)9;1-2/h5H,2-4,10H2,1H3;1-2H3. The Kier molecular flexibility index (Phi) is 8.81. The maximum absolute atomic E-state index is 11.5. The number of nitrogens with two attached hydrogens (primary N) is 1. The molecule has 0 saturated carbocycles. The monoisotopic (exact) mass is 185 g/mol. The molecule has 2 N–H and O–H groups in total. The number of alkyl halides is 3. The van der Waals surface area contributed by atoms with E-state index >= 15 is 0 Å². The van der Waals surface area contributed by atoms with E-state index in [4.69, 9.17) is 5.73 Å². The normalized spacial score (nSPS) is 13.2. The Hall–Kier alpha value is -0.250. The molecule has 1 atom stereocenters. The van der Waals surface area contributed by atoms with Crippen molar-refractivity contribution in [3.05, 3.63) is 0 Å². The molecule has 0 fully saturated rings. The second-order valence-corrected chi connectivity index (χ2v) is 2.32. The van der Waals surface area contributed by atoms with Gasteiger partial charge in [0.2, 0.25) is 0 Å². The maximum Gasteiger partial charge on any atom is 0.389 e. The van der Waals surface area contributed by atoms with E-state index in [0.29, 0.717) is 6.42 Å². The van der Waals surface area contributed by atoms with Crippen LogP contribution in [0.5, 0.6) is 0 Å². The van der Waals surface area contributed by atoms with Gasteiger partial charge in [0.25, 0.3) is 0 Å². The molecule has 0 aliphatic carbocycles. The lowest BCUT2D eigenvalue weighted by molar-refractivity contribution is -0.136. The predicted octanol–water partition coefficient (Wildman–Crippen LogP) is 3.09. The molecule has 0 aliphatic heterocycles. The van der Waals surface area contributed by atoms with Crippen LogP contribution in [0, 0.1) is 0 Å². The van der Waals surface area contributed by atoms with Gasteiger partial charge < -0.3 is 5.73 Å². The molecule has 0 radical (unpaired) electrons. The number of hydrogen-bond donors (Lipinski definition) is 1. The Balaban J connectivity index is 0. The molecule has 0 spiro atoms. The zero-order valence-corrected chi connectivity index (χ0v) is 7.91. The molecule has 0 bridgehead atoms. The van der Waals surface area contributed by atoms with Crippen LogP contribution in [-0.4, -0.2) is 12.2 Å². The molecule has 76 valence electrons. The molecule has 0 saturated heterocycles. The summed E-state index contributed by atoms with van der Waals surface area (Å²) >= 11 is 0. The lowest BCUT2D eigenvalue weighted by Crippen LogP contribution is -2.21. The Morgan fingerprint density at radius 3 is 1.92 bits per heavy atom. The van der Waals surface area contributed by atoms with Crippen molar-refractivity contribution in [2.75, 3.05) is 0 Å². The third-order valence-electron chi connectivity index (χ3n) is 1.32. The summed E-state index contributed by atoms with van der Waals surface area (Å²) in [4.78, 5) is 0. The third kappa shape index (κ3) is 12.4. The van der Waals surface area contributed by atoms with Crippen molar-refractivity contribution in [3.8, 4) is 0 Å². The van der Waals surface area contributed by atoms with Crippen LogP contribution in [0.4, 0.5) is 13.2 Å². The Morgan fingerprint density at radius 2 is 1.67 bits per heavy atom. The summed E-state index contributed by atoms with van der Waals surface area (Å²) < 4.78 is 34.5. The minimum Gasteiger partial charge on any atom is -0.328 e. The largest absolute Gasteiger partial charge is 0.389 e. The van der Waals surface area contributed by atoms with Crippen LogP contribution in [0.3, 0.4) is 0 Å². The quantitative estimate of drug-likeness (QED) is 0.718. The fraction of sp³-hybridized carbons (Fsp3) is 1.00. The molecule has 0 heterocycles. The molecule has 0 aromatic heterocycles. The van der Waals surface area contributed by atoms with Crippen molar-refractivity contribution in [2.45, 2.75) is 52.3 Å². The van der Waals surface area contributed by atoms with E-state index in [2.05, 4.69) is 0 Å². The van der Waals surface area contributed by atoms with Gasteiger partial charge >= 0.3 is 6.18 Å².